The van der Waals surface area contributed by atoms with Crippen LogP contribution in [0.25, 0.3) is 10.4 Å². The smallest absolute Gasteiger partial charge is 0.407 e. The Morgan fingerprint density at radius 3 is 2.50 bits per heavy atom. The quantitative estimate of drug-likeness (QED) is 0.321. The van der Waals surface area contributed by atoms with Crippen LogP contribution in [0.3, 0.4) is 0 Å². The minimum Gasteiger partial charge on any atom is -0.469 e. The second-order valence-electron chi connectivity index (χ2n) is 7.34. The van der Waals surface area contributed by atoms with Crippen molar-refractivity contribution in [3.05, 3.63) is 76.9 Å². The minimum absolute atomic E-state index is 0.217. The van der Waals surface area contributed by atoms with Gasteiger partial charge in [-0.15, -0.1) is 11.3 Å². The van der Waals surface area contributed by atoms with Crippen LogP contribution < -0.4 is 5.32 Å². The van der Waals surface area contributed by atoms with Gasteiger partial charge < -0.3 is 14.8 Å². The molecule has 32 heavy (non-hydrogen) atoms. The van der Waals surface area contributed by atoms with Gasteiger partial charge in [-0.05, 0) is 36.0 Å². The molecule has 1 N–H and O–H groups in total. The molecular formula is C25H28N2O4S. The zero-order chi connectivity index (χ0) is 22.6. The summed E-state index contributed by atoms with van der Waals surface area (Å²) >= 11 is 1.60. The fraction of sp³-hybridized carbons (Fsp3) is 0.320. The lowest BCUT2D eigenvalue weighted by molar-refractivity contribution is -0.140. The third-order valence-corrected chi connectivity index (χ3v) is 6.04. The predicted molar refractivity (Wildman–Crippen MR) is 125 cm³/mol. The number of carbonyl (C=O) groups is 2. The average molecular weight is 453 g/mol. The summed E-state index contributed by atoms with van der Waals surface area (Å²) in [6.45, 7) is 0.881. The van der Waals surface area contributed by atoms with Crippen LogP contribution in [0.2, 0.25) is 0 Å². The minimum atomic E-state index is -0.381. The number of esters is 1. The summed E-state index contributed by atoms with van der Waals surface area (Å²) in [6, 6.07) is 18.1. The number of rotatable bonds is 11. The number of benzene rings is 2. The first-order chi connectivity index (χ1) is 15.6. The van der Waals surface area contributed by atoms with Gasteiger partial charge in [0.2, 0.25) is 0 Å². The lowest BCUT2D eigenvalue weighted by Gasteiger charge is -2.07. The third-order valence-electron chi connectivity index (χ3n) is 4.94. The Morgan fingerprint density at radius 1 is 0.969 bits per heavy atom. The Morgan fingerprint density at radius 2 is 1.75 bits per heavy atom. The van der Waals surface area contributed by atoms with Crippen molar-refractivity contribution in [2.75, 3.05) is 13.7 Å². The second kappa shape index (κ2) is 12.6. The van der Waals surface area contributed by atoms with E-state index in [2.05, 4.69) is 39.3 Å². The average Bonchev–Trinajstić information content (AvgIpc) is 3.31. The lowest BCUT2D eigenvalue weighted by atomic mass is 10.1. The maximum atomic E-state index is 11.8. The Balaban J connectivity index is 1.33. The van der Waals surface area contributed by atoms with Crippen molar-refractivity contribution >= 4 is 23.4 Å². The van der Waals surface area contributed by atoms with Crippen molar-refractivity contribution in [3.63, 3.8) is 0 Å². The fourth-order valence-corrected chi connectivity index (χ4v) is 4.05. The molecule has 0 aliphatic rings. The molecule has 1 amide bonds. The largest absolute Gasteiger partial charge is 0.469 e. The topological polar surface area (TPSA) is 77.5 Å². The number of alkyl carbamates (subject to hydrolysis) is 1. The molecule has 0 spiro atoms. The Bertz CT molecular complexity index is 987. The van der Waals surface area contributed by atoms with Gasteiger partial charge >= 0.3 is 12.1 Å². The van der Waals surface area contributed by atoms with E-state index >= 15 is 0 Å². The summed E-state index contributed by atoms with van der Waals surface area (Å²) in [5.41, 5.74) is 3.36. The standard InChI is InChI=1S/C25H28N2O4S/c1-30-24(28)15-14-23-27-17-22(32-23)21-12-10-19(11-13-21)7-5-6-16-26-25(29)31-18-20-8-3-2-4-9-20/h2-4,8-13,17H,5-7,14-16,18H2,1H3,(H,26,29). The molecule has 0 bridgehead atoms. The van der Waals surface area contributed by atoms with E-state index in [-0.39, 0.29) is 18.7 Å². The number of aromatic nitrogens is 1. The van der Waals surface area contributed by atoms with Gasteiger partial charge in [-0.1, -0.05) is 54.6 Å². The van der Waals surface area contributed by atoms with E-state index in [1.165, 1.54) is 12.7 Å². The molecule has 0 atom stereocenters. The van der Waals surface area contributed by atoms with E-state index in [1.807, 2.05) is 36.5 Å². The molecule has 0 saturated heterocycles. The Kier molecular flexibility index (Phi) is 9.25. The van der Waals surface area contributed by atoms with Crippen molar-refractivity contribution < 1.29 is 19.1 Å². The van der Waals surface area contributed by atoms with Crippen LogP contribution in [0.15, 0.2) is 60.8 Å². The molecule has 1 heterocycles. The number of hydrogen-bond acceptors (Lipinski definition) is 6. The van der Waals surface area contributed by atoms with Crippen molar-refractivity contribution in [3.8, 4) is 10.4 Å². The number of aryl methyl sites for hydroxylation is 2. The highest BCUT2D eigenvalue weighted by atomic mass is 32.1. The number of nitrogens with one attached hydrogen (secondary N) is 1. The number of hydrogen-bond donors (Lipinski definition) is 1. The Labute approximate surface area is 192 Å². The zero-order valence-electron chi connectivity index (χ0n) is 18.2. The number of carbonyl (C=O) groups excluding carboxylic acids is 2. The second-order valence-corrected chi connectivity index (χ2v) is 8.45. The number of amides is 1. The molecule has 3 aromatic rings. The van der Waals surface area contributed by atoms with E-state index < -0.39 is 0 Å². The van der Waals surface area contributed by atoms with Gasteiger partial charge in [-0.3, -0.25) is 4.79 Å². The van der Waals surface area contributed by atoms with E-state index in [9.17, 15) is 9.59 Å². The molecule has 3 rings (SSSR count). The maximum absolute atomic E-state index is 11.8. The number of thiazole rings is 1. The molecule has 0 saturated carbocycles. The number of ether oxygens (including phenoxy) is 2. The molecule has 0 unspecified atom stereocenters. The van der Waals surface area contributed by atoms with Crippen LogP contribution in [-0.2, 0) is 33.7 Å². The predicted octanol–water partition coefficient (Wildman–Crippen LogP) is 5.16. The Hall–Kier alpha value is -3.19. The van der Waals surface area contributed by atoms with E-state index in [0.29, 0.717) is 19.4 Å². The van der Waals surface area contributed by atoms with E-state index in [1.54, 1.807) is 11.3 Å². The number of unbranched alkanes of at least 4 members (excludes halogenated alkanes) is 1. The van der Waals surface area contributed by atoms with Crippen LogP contribution in [0, 0.1) is 0 Å². The lowest BCUT2D eigenvalue weighted by Crippen LogP contribution is -2.25. The normalized spacial score (nSPS) is 10.5. The van der Waals surface area contributed by atoms with Crippen molar-refractivity contribution in [1.29, 1.82) is 0 Å². The first kappa shape index (κ1) is 23.5. The van der Waals surface area contributed by atoms with Gasteiger partial charge in [-0.2, -0.15) is 0 Å². The van der Waals surface area contributed by atoms with E-state index in [4.69, 9.17) is 4.74 Å². The van der Waals surface area contributed by atoms with Gasteiger partial charge in [0.1, 0.15) is 6.61 Å². The van der Waals surface area contributed by atoms with Crippen LogP contribution >= 0.6 is 11.3 Å². The van der Waals surface area contributed by atoms with Crippen molar-refractivity contribution in [2.45, 2.75) is 38.7 Å². The first-order valence-corrected chi connectivity index (χ1v) is 11.5. The van der Waals surface area contributed by atoms with Gasteiger partial charge in [0.05, 0.1) is 23.4 Å². The molecule has 168 valence electrons. The highest BCUT2D eigenvalue weighted by Crippen LogP contribution is 2.27. The van der Waals surface area contributed by atoms with Gasteiger partial charge in [0, 0.05) is 19.2 Å². The molecule has 2 aromatic carbocycles. The highest BCUT2D eigenvalue weighted by Gasteiger charge is 2.08. The number of methoxy groups -OCH3 is 1. The molecule has 0 aliphatic heterocycles. The molecular weight excluding hydrogens is 424 g/mol. The van der Waals surface area contributed by atoms with Crippen LogP contribution in [0.5, 0.6) is 0 Å². The van der Waals surface area contributed by atoms with Crippen molar-refractivity contribution in [2.24, 2.45) is 0 Å². The maximum Gasteiger partial charge on any atom is 0.407 e. The summed E-state index contributed by atoms with van der Waals surface area (Å²) in [6.07, 6.45) is 5.25. The summed E-state index contributed by atoms with van der Waals surface area (Å²) in [7, 11) is 1.40. The first-order valence-electron chi connectivity index (χ1n) is 10.7. The molecule has 0 aliphatic carbocycles. The molecule has 6 nitrogen and oxygen atoms in total. The number of nitrogens with zero attached hydrogens (tertiary/aromatic N) is 1. The van der Waals surface area contributed by atoms with Crippen molar-refractivity contribution in [1.82, 2.24) is 10.3 Å². The summed E-state index contributed by atoms with van der Waals surface area (Å²) in [5.74, 6) is -0.217. The van der Waals surface area contributed by atoms with Gasteiger partial charge in [0.25, 0.3) is 0 Å². The highest BCUT2D eigenvalue weighted by molar-refractivity contribution is 7.15. The monoisotopic (exact) mass is 452 g/mol. The molecule has 0 fully saturated rings. The van der Waals surface area contributed by atoms with Gasteiger partial charge in [0.15, 0.2) is 0 Å². The van der Waals surface area contributed by atoms with E-state index in [0.717, 1.165) is 40.3 Å². The van der Waals surface area contributed by atoms with Crippen LogP contribution in [-0.4, -0.2) is 30.7 Å². The summed E-state index contributed by atoms with van der Waals surface area (Å²) in [5, 5.41) is 3.73. The molecule has 1 aromatic heterocycles. The van der Waals surface area contributed by atoms with Crippen LogP contribution in [0.1, 0.15) is 35.4 Å². The fourth-order valence-electron chi connectivity index (χ4n) is 3.12. The zero-order valence-corrected chi connectivity index (χ0v) is 19.0. The van der Waals surface area contributed by atoms with Gasteiger partial charge in [-0.25, -0.2) is 9.78 Å². The molecule has 7 heteroatoms. The van der Waals surface area contributed by atoms with Crippen LogP contribution in [0.4, 0.5) is 4.79 Å². The SMILES string of the molecule is COC(=O)CCc1ncc(-c2ccc(CCCCNC(=O)OCc3ccccc3)cc2)s1. The molecule has 0 radical (unpaired) electrons. The third kappa shape index (κ3) is 7.81. The summed E-state index contributed by atoms with van der Waals surface area (Å²) < 4.78 is 9.88. The summed E-state index contributed by atoms with van der Waals surface area (Å²) in [4.78, 5) is 28.5.